The minimum Gasteiger partial charge on any atom is -0.455 e. The van der Waals surface area contributed by atoms with Gasteiger partial charge in [0, 0.05) is 30.2 Å². The molecule has 3 rings (SSSR count). The lowest BCUT2D eigenvalue weighted by molar-refractivity contribution is -0.139. The average molecular weight is 481 g/mol. The van der Waals surface area contributed by atoms with Crippen molar-refractivity contribution in [2.24, 2.45) is 0 Å². The van der Waals surface area contributed by atoms with E-state index in [1.165, 1.54) is 31.2 Å². The molecule has 0 atom stereocenters. The standard InChI is InChI=1S/C25H25FN4O3S/c1-5-10-29-16(2)11-19(17(29)3)12-20(13-27)24(32)33-14-21-15-34-25(28-21)30(18(4)31)23-9-7-6-8-22(23)26/h6-9,11-12,15H,5,10,14H2,1-4H3/b20-12+. The molecule has 0 N–H and O–H groups in total. The Bertz CT molecular complexity index is 1290. The highest BCUT2D eigenvalue weighted by atomic mass is 32.1. The van der Waals surface area contributed by atoms with Crippen LogP contribution in [0.5, 0.6) is 0 Å². The number of esters is 1. The molecule has 0 spiro atoms. The maximum atomic E-state index is 14.2. The summed E-state index contributed by atoms with van der Waals surface area (Å²) in [6.07, 6.45) is 2.50. The molecule has 0 unspecified atom stereocenters. The summed E-state index contributed by atoms with van der Waals surface area (Å²) in [7, 11) is 0. The zero-order chi connectivity index (χ0) is 24.8. The lowest BCUT2D eigenvalue weighted by atomic mass is 10.1. The second kappa shape index (κ2) is 10.9. The molecule has 9 heteroatoms. The molecule has 1 amide bonds. The highest BCUT2D eigenvalue weighted by molar-refractivity contribution is 7.14. The molecule has 0 radical (unpaired) electrons. The minimum absolute atomic E-state index is 0.0864. The molecule has 0 saturated carbocycles. The number of rotatable bonds is 8. The summed E-state index contributed by atoms with van der Waals surface area (Å²) in [4.78, 5) is 30.2. The molecular weight excluding hydrogens is 455 g/mol. The van der Waals surface area contributed by atoms with Gasteiger partial charge in [0.25, 0.3) is 0 Å². The molecule has 2 aromatic heterocycles. The zero-order valence-corrected chi connectivity index (χ0v) is 20.3. The third kappa shape index (κ3) is 5.41. The normalized spacial score (nSPS) is 11.2. The first-order valence-corrected chi connectivity index (χ1v) is 11.6. The fourth-order valence-corrected chi connectivity index (χ4v) is 4.42. The monoisotopic (exact) mass is 480 g/mol. The summed E-state index contributed by atoms with van der Waals surface area (Å²) in [5.41, 5.74) is 3.16. The van der Waals surface area contributed by atoms with E-state index in [9.17, 15) is 19.2 Å². The van der Waals surface area contributed by atoms with Gasteiger partial charge in [0.15, 0.2) is 5.13 Å². The molecule has 1 aromatic carbocycles. The number of benzene rings is 1. The SMILES string of the molecule is CCCn1c(C)cc(/C=C(\C#N)C(=O)OCc2csc(N(C(C)=O)c3ccccc3F)n2)c1C. The van der Waals surface area contributed by atoms with Gasteiger partial charge >= 0.3 is 5.97 Å². The minimum atomic E-state index is -0.769. The average Bonchev–Trinajstić information content (AvgIpc) is 3.37. The Morgan fingerprint density at radius 1 is 1.32 bits per heavy atom. The molecule has 0 fully saturated rings. The van der Waals surface area contributed by atoms with Crippen LogP contribution < -0.4 is 4.90 Å². The van der Waals surface area contributed by atoms with Crippen LogP contribution in [-0.4, -0.2) is 21.4 Å². The zero-order valence-electron chi connectivity index (χ0n) is 19.5. The number of hydrogen-bond donors (Lipinski definition) is 0. The van der Waals surface area contributed by atoms with Crippen LogP contribution in [0.3, 0.4) is 0 Å². The van der Waals surface area contributed by atoms with Crippen molar-refractivity contribution in [2.45, 2.75) is 47.3 Å². The first-order chi connectivity index (χ1) is 16.3. The molecule has 0 aliphatic carbocycles. The molecule has 34 heavy (non-hydrogen) atoms. The van der Waals surface area contributed by atoms with Crippen molar-refractivity contribution in [3.63, 3.8) is 0 Å². The van der Waals surface area contributed by atoms with E-state index in [4.69, 9.17) is 4.74 Å². The van der Waals surface area contributed by atoms with E-state index in [1.807, 2.05) is 26.0 Å². The molecule has 176 valence electrons. The quantitative estimate of drug-likeness (QED) is 0.243. The predicted octanol–water partition coefficient (Wildman–Crippen LogP) is 5.45. The van der Waals surface area contributed by atoms with Crippen LogP contribution in [0, 0.1) is 31.0 Å². The Kier molecular flexibility index (Phi) is 7.97. The van der Waals surface area contributed by atoms with Gasteiger partial charge in [-0.15, -0.1) is 11.3 Å². The second-order valence-corrected chi connectivity index (χ2v) is 8.49. The van der Waals surface area contributed by atoms with Gasteiger partial charge < -0.3 is 9.30 Å². The second-order valence-electron chi connectivity index (χ2n) is 7.65. The number of nitrogens with zero attached hydrogens (tertiary/aromatic N) is 4. The van der Waals surface area contributed by atoms with Crippen molar-refractivity contribution in [3.05, 3.63) is 69.7 Å². The van der Waals surface area contributed by atoms with E-state index < -0.39 is 17.7 Å². The third-order valence-corrected chi connectivity index (χ3v) is 6.07. The number of anilines is 2. The smallest absolute Gasteiger partial charge is 0.349 e. The first kappa shape index (κ1) is 24.9. The predicted molar refractivity (Wildman–Crippen MR) is 129 cm³/mol. The summed E-state index contributed by atoms with van der Waals surface area (Å²) in [6.45, 7) is 8.00. The van der Waals surface area contributed by atoms with E-state index in [0.717, 1.165) is 46.2 Å². The number of aryl methyl sites for hydroxylation is 1. The van der Waals surface area contributed by atoms with Gasteiger partial charge in [-0.3, -0.25) is 9.69 Å². The number of nitriles is 1. The van der Waals surface area contributed by atoms with E-state index >= 15 is 0 Å². The van der Waals surface area contributed by atoms with Crippen LogP contribution in [0.1, 0.15) is 42.9 Å². The third-order valence-electron chi connectivity index (χ3n) is 5.19. The van der Waals surface area contributed by atoms with Crippen LogP contribution in [0.4, 0.5) is 15.2 Å². The Hall–Kier alpha value is -3.77. The van der Waals surface area contributed by atoms with Crippen molar-refractivity contribution in [1.29, 1.82) is 5.26 Å². The summed E-state index contributed by atoms with van der Waals surface area (Å²) in [5, 5.41) is 11.4. The Labute approximate surface area is 201 Å². The largest absolute Gasteiger partial charge is 0.455 e. The first-order valence-electron chi connectivity index (χ1n) is 10.7. The molecule has 2 heterocycles. The lowest BCUT2D eigenvalue weighted by Gasteiger charge is -2.18. The van der Waals surface area contributed by atoms with Crippen LogP contribution in [0.25, 0.3) is 6.08 Å². The van der Waals surface area contributed by atoms with E-state index in [0.29, 0.717) is 5.69 Å². The number of thiazole rings is 1. The summed E-state index contributed by atoms with van der Waals surface area (Å²) < 4.78 is 21.7. The van der Waals surface area contributed by atoms with Crippen molar-refractivity contribution >= 4 is 40.1 Å². The highest BCUT2D eigenvalue weighted by Gasteiger charge is 2.21. The molecule has 0 aliphatic heterocycles. The maximum Gasteiger partial charge on any atom is 0.349 e. The number of amides is 1. The number of ether oxygens (including phenoxy) is 1. The van der Waals surface area contributed by atoms with Crippen molar-refractivity contribution in [1.82, 2.24) is 9.55 Å². The number of hydrogen-bond acceptors (Lipinski definition) is 6. The maximum absolute atomic E-state index is 14.2. The van der Waals surface area contributed by atoms with Crippen molar-refractivity contribution in [3.8, 4) is 6.07 Å². The van der Waals surface area contributed by atoms with Gasteiger partial charge in [-0.05, 0) is 50.1 Å². The molecule has 0 bridgehead atoms. The van der Waals surface area contributed by atoms with Gasteiger partial charge in [0.1, 0.15) is 24.1 Å². The number of halogens is 1. The van der Waals surface area contributed by atoms with Gasteiger partial charge in [0.2, 0.25) is 5.91 Å². The van der Waals surface area contributed by atoms with Crippen LogP contribution in [0.2, 0.25) is 0 Å². The highest BCUT2D eigenvalue weighted by Crippen LogP contribution is 2.31. The lowest BCUT2D eigenvalue weighted by Crippen LogP contribution is -2.23. The van der Waals surface area contributed by atoms with Crippen LogP contribution in [-0.2, 0) is 27.5 Å². The molecule has 7 nitrogen and oxygen atoms in total. The van der Waals surface area contributed by atoms with Crippen LogP contribution in [0.15, 0.2) is 41.3 Å². The molecular formula is C25H25FN4O3S. The Morgan fingerprint density at radius 2 is 2.06 bits per heavy atom. The fourth-order valence-electron chi connectivity index (χ4n) is 3.56. The summed E-state index contributed by atoms with van der Waals surface area (Å²) in [5.74, 6) is -1.73. The molecule has 0 saturated heterocycles. The van der Waals surface area contributed by atoms with Crippen molar-refractivity contribution in [2.75, 3.05) is 4.90 Å². The summed E-state index contributed by atoms with van der Waals surface area (Å²) >= 11 is 1.12. The fraction of sp³-hybridized carbons (Fsp3) is 0.280. The summed E-state index contributed by atoms with van der Waals surface area (Å²) in [6, 6.07) is 9.74. The number of carbonyl (C=O) groups is 2. The van der Waals surface area contributed by atoms with Crippen LogP contribution >= 0.6 is 11.3 Å². The van der Waals surface area contributed by atoms with Gasteiger partial charge in [0.05, 0.1) is 11.4 Å². The molecule has 0 aliphatic rings. The number of para-hydroxylation sites is 1. The van der Waals surface area contributed by atoms with Gasteiger partial charge in [-0.1, -0.05) is 19.1 Å². The van der Waals surface area contributed by atoms with E-state index in [2.05, 4.69) is 16.5 Å². The number of carbonyl (C=O) groups excluding carboxylic acids is 2. The van der Waals surface area contributed by atoms with Gasteiger partial charge in [-0.25, -0.2) is 14.2 Å². The van der Waals surface area contributed by atoms with Crippen molar-refractivity contribution < 1.29 is 18.7 Å². The Morgan fingerprint density at radius 3 is 2.71 bits per heavy atom. The Balaban J connectivity index is 1.75. The van der Waals surface area contributed by atoms with Gasteiger partial charge in [-0.2, -0.15) is 5.26 Å². The van der Waals surface area contributed by atoms with E-state index in [1.54, 1.807) is 11.4 Å². The number of aromatic nitrogens is 2. The molecule has 3 aromatic rings. The van der Waals surface area contributed by atoms with E-state index in [-0.39, 0.29) is 23.0 Å². The topological polar surface area (TPSA) is 88.2 Å².